The van der Waals surface area contributed by atoms with Gasteiger partial charge in [0.15, 0.2) is 0 Å². The Bertz CT molecular complexity index is 349. The number of benzene rings is 1. The van der Waals surface area contributed by atoms with E-state index >= 15 is 0 Å². The van der Waals surface area contributed by atoms with Crippen LogP contribution in [0, 0.1) is 5.82 Å². The maximum atomic E-state index is 12.9. The van der Waals surface area contributed by atoms with E-state index in [1.54, 1.807) is 13.0 Å². The number of nitrogens with one attached hydrogen (secondary N) is 1. The molecule has 0 fully saturated rings. The number of hydrogen-bond acceptors (Lipinski definition) is 4. The Labute approximate surface area is 93.6 Å². The molecule has 0 aliphatic heterocycles. The predicted molar refractivity (Wildman–Crippen MR) is 60.6 cm³/mol. The lowest BCUT2D eigenvalue weighted by molar-refractivity contribution is -0.142. The minimum absolute atomic E-state index is 0.240. The van der Waals surface area contributed by atoms with Gasteiger partial charge in [-0.15, -0.1) is 0 Å². The molecule has 0 heterocycles. The number of anilines is 2. The van der Waals surface area contributed by atoms with Gasteiger partial charge in [-0.2, -0.15) is 0 Å². The summed E-state index contributed by atoms with van der Waals surface area (Å²) in [6.07, 6.45) is 0.240. The van der Waals surface area contributed by atoms with Crippen LogP contribution in [0.1, 0.15) is 13.3 Å². The molecule has 5 heteroatoms. The number of ether oxygens (including phenoxy) is 1. The van der Waals surface area contributed by atoms with Crippen molar-refractivity contribution in [2.45, 2.75) is 13.3 Å². The Balaban J connectivity index is 2.40. The maximum Gasteiger partial charge on any atom is 0.307 e. The highest BCUT2D eigenvalue weighted by molar-refractivity contribution is 5.70. The van der Waals surface area contributed by atoms with Gasteiger partial charge < -0.3 is 15.8 Å². The first-order valence-corrected chi connectivity index (χ1v) is 5.07. The van der Waals surface area contributed by atoms with Crippen LogP contribution in [0.4, 0.5) is 15.8 Å². The van der Waals surface area contributed by atoms with E-state index in [0.29, 0.717) is 24.5 Å². The molecular weight excluding hydrogens is 211 g/mol. The molecule has 88 valence electrons. The van der Waals surface area contributed by atoms with Gasteiger partial charge in [0, 0.05) is 17.9 Å². The predicted octanol–water partition coefficient (Wildman–Crippen LogP) is 1.77. The lowest BCUT2D eigenvalue weighted by Gasteiger charge is -2.07. The summed E-state index contributed by atoms with van der Waals surface area (Å²) in [4.78, 5) is 11.0. The van der Waals surface area contributed by atoms with Crippen LogP contribution in [0.5, 0.6) is 0 Å². The van der Waals surface area contributed by atoms with E-state index in [4.69, 9.17) is 10.5 Å². The largest absolute Gasteiger partial charge is 0.466 e. The van der Waals surface area contributed by atoms with Crippen molar-refractivity contribution >= 4 is 17.3 Å². The number of nitrogens with two attached hydrogens (primary N) is 1. The summed E-state index contributed by atoms with van der Waals surface area (Å²) in [5.74, 6) is -0.682. The van der Waals surface area contributed by atoms with Crippen LogP contribution in [0.3, 0.4) is 0 Å². The van der Waals surface area contributed by atoms with E-state index in [1.165, 1.54) is 12.1 Å². The second-order valence-electron chi connectivity index (χ2n) is 3.26. The topological polar surface area (TPSA) is 64.3 Å². The average Bonchev–Trinajstić information content (AvgIpc) is 2.16. The molecule has 0 radical (unpaired) electrons. The highest BCUT2D eigenvalue weighted by atomic mass is 19.1. The molecular formula is C11H15FN2O2. The number of nitrogen functional groups attached to an aromatic ring is 1. The Kier molecular flexibility index (Phi) is 4.57. The molecule has 0 aromatic heterocycles. The van der Waals surface area contributed by atoms with Gasteiger partial charge in [0.05, 0.1) is 13.0 Å². The quantitative estimate of drug-likeness (QED) is 0.593. The van der Waals surface area contributed by atoms with Crippen molar-refractivity contribution in [2.24, 2.45) is 0 Å². The van der Waals surface area contributed by atoms with Crippen molar-refractivity contribution in [1.29, 1.82) is 0 Å². The van der Waals surface area contributed by atoms with E-state index < -0.39 is 5.82 Å². The van der Waals surface area contributed by atoms with Gasteiger partial charge in [-0.05, 0) is 25.1 Å². The van der Waals surface area contributed by atoms with Crippen LogP contribution in [-0.4, -0.2) is 19.1 Å². The zero-order valence-electron chi connectivity index (χ0n) is 9.13. The number of hydrogen-bond donors (Lipinski definition) is 2. The fraction of sp³-hybridized carbons (Fsp3) is 0.364. The highest BCUT2D eigenvalue weighted by Crippen LogP contribution is 2.15. The molecule has 4 nitrogen and oxygen atoms in total. The van der Waals surface area contributed by atoms with Gasteiger partial charge >= 0.3 is 5.97 Å². The normalized spacial score (nSPS) is 9.88. The van der Waals surface area contributed by atoms with Gasteiger partial charge in [0.1, 0.15) is 5.82 Å². The Morgan fingerprint density at radius 3 is 2.88 bits per heavy atom. The van der Waals surface area contributed by atoms with E-state index in [0.717, 1.165) is 0 Å². The number of halogens is 1. The van der Waals surface area contributed by atoms with E-state index in [2.05, 4.69) is 5.32 Å². The minimum Gasteiger partial charge on any atom is -0.466 e. The van der Waals surface area contributed by atoms with Crippen molar-refractivity contribution in [1.82, 2.24) is 0 Å². The first kappa shape index (κ1) is 12.3. The van der Waals surface area contributed by atoms with Gasteiger partial charge in [-0.25, -0.2) is 4.39 Å². The third kappa shape index (κ3) is 4.16. The first-order chi connectivity index (χ1) is 7.61. The van der Waals surface area contributed by atoms with Crippen molar-refractivity contribution in [3.8, 4) is 0 Å². The maximum absolute atomic E-state index is 12.9. The summed E-state index contributed by atoms with van der Waals surface area (Å²) in [7, 11) is 0. The Hall–Kier alpha value is -1.78. The third-order valence-corrected chi connectivity index (χ3v) is 1.88. The number of carbonyl (C=O) groups is 1. The summed E-state index contributed by atoms with van der Waals surface area (Å²) in [5.41, 5.74) is 6.37. The van der Waals surface area contributed by atoms with Gasteiger partial charge in [0.25, 0.3) is 0 Å². The molecule has 0 unspecified atom stereocenters. The standard InChI is InChI=1S/C11H15FN2O2/c1-2-16-11(15)3-4-14-10-6-8(12)5-9(13)7-10/h5-7,14H,2-4,13H2,1H3. The molecule has 0 saturated heterocycles. The summed E-state index contributed by atoms with van der Waals surface area (Å²) < 4.78 is 17.7. The third-order valence-electron chi connectivity index (χ3n) is 1.88. The second-order valence-corrected chi connectivity index (χ2v) is 3.26. The SMILES string of the molecule is CCOC(=O)CCNc1cc(N)cc(F)c1. The average molecular weight is 226 g/mol. The van der Waals surface area contributed by atoms with Crippen LogP contribution >= 0.6 is 0 Å². The molecule has 0 saturated carbocycles. The fourth-order valence-electron chi connectivity index (χ4n) is 1.26. The molecule has 16 heavy (non-hydrogen) atoms. The minimum atomic E-state index is -0.404. The second kappa shape index (κ2) is 5.95. The molecule has 0 amide bonds. The lowest BCUT2D eigenvalue weighted by Crippen LogP contribution is -2.11. The zero-order valence-corrected chi connectivity index (χ0v) is 9.13. The van der Waals surface area contributed by atoms with Gasteiger partial charge in [0.2, 0.25) is 0 Å². The monoisotopic (exact) mass is 226 g/mol. The van der Waals surface area contributed by atoms with Crippen molar-refractivity contribution < 1.29 is 13.9 Å². The van der Waals surface area contributed by atoms with Crippen molar-refractivity contribution in [2.75, 3.05) is 24.2 Å². The molecule has 1 aromatic carbocycles. The summed E-state index contributed by atoms with van der Waals surface area (Å²) in [6.45, 7) is 2.51. The lowest BCUT2D eigenvalue weighted by atomic mass is 10.2. The molecule has 0 aliphatic rings. The van der Waals surface area contributed by atoms with Gasteiger partial charge in [-0.3, -0.25) is 4.79 Å². The number of esters is 1. The molecule has 1 aromatic rings. The Morgan fingerprint density at radius 2 is 2.25 bits per heavy atom. The number of carbonyl (C=O) groups excluding carboxylic acids is 1. The molecule has 1 rings (SSSR count). The Morgan fingerprint density at radius 1 is 1.50 bits per heavy atom. The van der Waals surface area contributed by atoms with E-state index in [1.807, 2.05) is 0 Å². The number of rotatable bonds is 5. The first-order valence-electron chi connectivity index (χ1n) is 5.07. The smallest absolute Gasteiger partial charge is 0.307 e. The summed E-state index contributed by atoms with van der Waals surface area (Å²) in [5, 5.41) is 2.89. The molecule has 0 atom stereocenters. The zero-order chi connectivity index (χ0) is 12.0. The van der Waals surface area contributed by atoms with Crippen LogP contribution in [-0.2, 0) is 9.53 Å². The van der Waals surface area contributed by atoms with Gasteiger partial charge in [-0.1, -0.05) is 0 Å². The van der Waals surface area contributed by atoms with Crippen LogP contribution in [0.15, 0.2) is 18.2 Å². The summed E-state index contributed by atoms with van der Waals surface area (Å²) in [6, 6.07) is 4.16. The molecule has 3 N–H and O–H groups in total. The highest BCUT2D eigenvalue weighted by Gasteiger charge is 2.02. The van der Waals surface area contributed by atoms with E-state index in [9.17, 15) is 9.18 Å². The van der Waals surface area contributed by atoms with Crippen molar-refractivity contribution in [3.05, 3.63) is 24.0 Å². The molecule has 0 aliphatic carbocycles. The van der Waals surface area contributed by atoms with E-state index in [-0.39, 0.29) is 12.4 Å². The van der Waals surface area contributed by atoms with Crippen LogP contribution < -0.4 is 11.1 Å². The summed E-state index contributed by atoms with van der Waals surface area (Å²) >= 11 is 0. The molecule has 0 spiro atoms. The molecule has 0 bridgehead atoms. The van der Waals surface area contributed by atoms with Crippen LogP contribution in [0.25, 0.3) is 0 Å². The fourth-order valence-corrected chi connectivity index (χ4v) is 1.26. The van der Waals surface area contributed by atoms with Crippen molar-refractivity contribution in [3.63, 3.8) is 0 Å². The van der Waals surface area contributed by atoms with Crippen LogP contribution in [0.2, 0.25) is 0 Å².